The van der Waals surface area contributed by atoms with Gasteiger partial charge in [0, 0.05) is 6.42 Å². The lowest BCUT2D eigenvalue weighted by Crippen LogP contribution is -2.47. The zero-order chi connectivity index (χ0) is 19.7. The van der Waals surface area contributed by atoms with Crippen molar-refractivity contribution in [3.8, 4) is 11.1 Å². The molecule has 0 bridgehead atoms. The lowest BCUT2D eigenvalue weighted by atomic mass is 9.95. The van der Waals surface area contributed by atoms with Gasteiger partial charge in [-0.15, -0.1) is 0 Å². The van der Waals surface area contributed by atoms with Crippen LogP contribution in [0.5, 0.6) is 0 Å². The van der Waals surface area contributed by atoms with E-state index in [9.17, 15) is 14.0 Å². The Balaban J connectivity index is 1.62. The van der Waals surface area contributed by atoms with Gasteiger partial charge in [0.2, 0.25) is 11.8 Å². The molecule has 28 heavy (non-hydrogen) atoms. The molecule has 1 aliphatic rings. The molecule has 0 aliphatic heterocycles. The van der Waals surface area contributed by atoms with Gasteiger partial charge in [0.1, 0.15) is 11.9 Å². The second kappa shape index (κ2) is 7.27. The van der Waals surface area contributed by atoms with E-state index in [4.69, 9.17) is 5.73 Å². The molecule has 4 rings (SSSR count). The van der Waals surface area contributed by atoms with E-state index in [2.05, 4.69) is 5.32 Å². The fourth-order valence-corrected chi connectivity index (χ4v) is 3.82. The number of benzene rings is 3. The van der Waals surface area contributed by atoms with E-state index in [1.807, 2.05) is 48.5 Å². The fraction of sp³-hybridized carbons (Fsp3) is 0.130. The topological polar surface area (TPSA) is 72.2 Å². The zero-order valence-electron chi connectivity index (χ0n) is 15.1. The summed E-state index contributed by atoms with van der Waals surface area (Å²) in [5, 5.41) is 2.77. The van der Waals surface area contributed by atoms with Crippen LogP contribution in [0.15, 0.2) is 72.8 Å². The summed E-state index contributed by atoms with van der Waals surface area (Å²) in [5.74, 6) is -1.86. The van der Waals surface area contributed by atoms with Crippen molar-refractivity contribution >= 4 is 11.8 Å². The van der Waals surface area contributed by atoms with Crippen LogP contribution in [0.4, 0.5) is 4.39 Å². The van der Waals surface area contributed by atoms with Crippen LogP contribution in [0.3, 0.4) is 0 Å². The molecule has 3 aromatic rings. The van der Waals surface area contributed by atoms with Gasteiger partial charge in [-0.25, -0.2) is 4.39 Å². The number of fused-ring (bicyclic) bond motifs is 3. The molecule has 4 nitrogen and oxygen atoms in total. The Morgan fingerprint density at radius 3 is 2.11 bits per heavy atom. The first kappa shape index (κ1) is 17.9. The van der Waals surface area contributed by atoms with Gasteiger partial charge in [-0.1, -0.05) is 60.7 Å². The van der Waals surface area contributed by atoms with Crippen LogP contribution in [0.2, 0.25) is 0 Å². The number of rotatable bonds is 5. The highest BCUT2D eigenvalue weighted by Gasteiger charge is 2.34. The smallest absolute Gasteiger partial charge is 0.240 e. The lowest BCUT2D eigenvalue weighted by Gasteiger charge is -2.20. The molecule has 0 fully saturated rings. The van der Waals surface area contributed by atoms with Crippen LogP contribution in [0.25, 0.3) is 11.1 Å². The molecule has 1 atom stereocenters. The largest absolute Gasteiger partial charge is 0.368 e. The maximum Gasteiger partial charge on any atom is 0.240 e. The number of carbonyl (C=O) groups excluding carboxylic acids is 2. The van der Waals surface area contributed by atoms with Crippen molar-refractivity contribution < 1.29 is 14.0 Å². The molecule has 1 aliphatic carbocycles. The Labute approximate surface area is 162 Å². The molecule has 3 aromatic carbocycles. The van der Waals surface area contributed by atoms with E-state index in [0.29, 0.717) is 5.56 Å². The third kappa shape index (κ3) is 3.27. The van der Waals surface area contributed by atoms with Gasteiger partial charge >= 0.3 is 0 Å². The number of carbonyl (C=O) groups is 2. The first-order valence-electron chi connectivity index (χ1n) is 9.07. The first-order valence-corrected chi connectivity index (χ1v) is 9.07. The van der Waals surface area contributed by atoms with E-state index in [1.165, 1.54) is 12.1 Å². The minimum Gasteiger partial charge on any atom is -0.368 e. The lowest BCUT2D eigenvalue weighted by molar-refractivity contribution is -0.127. The van der Waals surface area contributed by atoms with Gasteiger partial charge in [-0.05, 0) is 39.9 Å². The SMILES string of the molecule is NC(=O)[C@H](Cc1cccc(F)c1)NC(=O)C1c2ccccc2-c2ccccc21. The molecular formula is C23H19FN2O2. The van der Waals surface area contributed by atoms with Crippen molar-refractivity contribution in [2.75, 3.05) is 0 Å². The first-order chi connectivity index (χ1) is 13.5. The summed E-state index contributed by atoms with van der Waals surface area (Å²) >= 11 is 0. The van der Waals surface area contributed by atoms with Gasteiger partial charge in [0.15, 0.2) is 0 Å². The van der Waals surface area contributed by atoms with Crippen molar-refractivity contribution in [3.63, 3.8) is 0 Å². The minimum absolute atomic E-state index is 0.134. The Morgan fingerprint density at radius 2 is 1.54 bits per heavy atom. The molecule has 5 heteroatoms. The summed E-state index contributed by atoms with van der Waals surface area (Å²) in [5.41, 5.74) is 9.93. The maximum absolute atomic E-state index is 13.5. The molecule has 0 radical (unpaired) electrons. The second-order valence-corrected chi connectivity index (χ2v) is 6.91. The number of amides is 2. The molecule has 0 unspecified atom stereocenters. The highest BCUT2D eigenvalue weighted by molar-refractivity contribution is 5.98. The van der Waals surface area contributed by atoms with E-state index < -0.39 is 23.7 Å². The van der Waals surface area contributed by atoms with Crippen LogP contribution in [-0.2, 0) is 16.0 Å². The number of primary amides is 1. The van der Waals surface area contributed by atoms with Crippen LogP contribution >= 0.6 is 0 Å². The predicted molar refractivity (Wildman–Crippen MR) is 105 cm³/mol. The summed E-state index contributed by atoms with van der Waals surface area (Å²) in [6.45, 7) is 0. The van der Waals surface area contributed by atoms with Crippen LogP contribution in [0.1, 0.15) is 22.6 Å². The van der Waals surface area contributed by atoms with E-state index in [1.54, 1.807) is 12.1 Å². The Kier molecular flexibility index (Phi) is 4.65. The van der Waals surface area contributed by atoms with Crippen molar-refractivity contribution in [2.45, 2.75) is 18.4 Å². The number of halogens is 1. The van der Waals surface area contributed by atoms with Crippen molar-refractivity contribution in [3.05, 3.63) is 95.3 Å². The number of hydrogen-bond donors (Lipinski definition) is 2. The van der Waals surface area contributed by atoms with Crippen LogP contribution in [0, 0.1) is 5.82 Å². The zero-order valence-corrected chi connectivity index (χ0v) is 15.1. The predicted octanol–water partition coefficient (Wildman–Crippen LogP) is 3.15. The Hall–Kier alpha value is -3.47. The fourth-order valence-electron chi connectivity index (χ4n) is 3.82. The third-order valence-electron chi connectivity index (χ3n) is 5.08. The van der Waals surface area contributed by atoms with Gasteiger partial charge in [-0.2, -0.15) is 0 Å². The summed E-state index contributed by atoms with van der Waals surface area (Å²) in [6, 6.07) is 20.5. The molecule has 140 valence electrons. The quantitative estimate of drug-likeness (QED) is 0.720. The Morgan fingerprint density at radius 1 is 0.929 bits per heavy atom. The highest BCUT2D eigenvalue weighted by Crippen LogP contribution is 2.44. The highest BCUT2D eigenvalue weighted by atomic mass is 19.1. The van der Waals surface area contributed by atoms with Crippen molar-refractivity contribution in [2.24, 2.45) is 5.73 Å². The van der Waals surface area contributed by atoms with Crippen LogP contribution < -0.4 is 11.1 Å². The van der Waals surface area contributed by atoms with Crippen molar-refractivity contribution in [1.82, 2.24) is 5.32 Å². The normalized spacial score (nSPS) is 13.5. The maximum atomic E-state index is 13.5. The van der Waals surface area contributed by atoms with E-state index in [0.717, 1.165) is 22.3 Å². The molecule has 0 aromatic heterocycles. The van der Waals surface area contributed by atoms with Gasteiger partial charge < -0.3 is 11.1 Å². The van der Waals surface area contributed by atoms with Gasteiger partial charge in [-0.3, -0.25) is 9.59 Å². The number of hydrogen-bond acceptors (Lipinski definition) is 2. The third-order valence-corrected chi connectivity index (χ3v) is 5.08. The summed E-state index contributed by atoms with van der Waals surface area (Å²) in [7, 11) is 0. The summed E-state index contributed by atoms with van der Waals surface area (Å²) in [6.07, 6.45) is 0.134. The average Bonchev–Trinajstić information content (AvgIpc) is 3.02. The Bertz CT molecular complexity index is 1020. The minimum atomic E-state index is -0.922. The van der Waals surface area contributed by atoms with E-state index in [-0.39, 0.29) is 12.3 Å². The molecular weight excluding hydrogens is 355 g/mol. The van der Waals surface area contributed by atoms with Crippen LogP contribution in [-0.4, -0.2) is 17.9 Å². The molecule has 3 N–H and O–H groups in total. The molecule has 0 spiro atoms. The monoisotopic (exact) mass is 374 g/mol. The molecule has 0 heterocycles. The molecule has 0 saturated heterocycles. The summed E-state index contributed by atoms with van der Waals surface area (Å²) in [4.78, 5) is 25.1. The molecule has 2 amide bonds. The second-order valence-electron chi connectivity index (χ2n) is 6.91. The van der Waals surface area contributed by atoms with Gasteiger partial charge in [0.05, 0.1) is 5.92 Å². The number of nitrogens with two attached hydrogens (primary N) is 1. The summed E-state index contributed by atoms with van der Waals surface area (Å²) < 4.78 is 13.5. The number of nitrogens with one attached hydrogen (secondary N) is 1. The molecule has 0 saturated carbocycles. The van der Waals surface area contributed by atoms with Crippen molar-refractivity contribution in [1.29, 1.82) is 0 Å². The van der Waals surface area contributed by atoms with Gasteiger partial charge in [0.25, 0.3) is 0 Å². The van der Waals surface area contributed by atoms with E-state index >= 15 is 0 Å². The average molecular weight is 374 g/mol. The standard InChI is InChI=1S/C23H19FN2O2/c24-15-7-5-6-14(12-15)13-20(22(25)27)26-23(28)21-18-10-3-1-8-16(18)17-9-2-4-11-19(17)21/h1-12,20-21H,13H2,(H2,25,27)(H,26,28)/t20-/m0/s1.